The van der Waals surface area contributed by atoms with Gasteiger partial charge in [-0.2, -0.15) is 0 Å². The van der Waals surface area contributed by atoms with Crippen molar-refractivity contribution in [2.24, 2.45) is 0 Å². The summed E-state index contributed by atoms with van der Waals surface area (Å²) in [6, 6.07) is 13.1. The molecule has 1 nitrogen and oxygen atoms in total. The predicted octanol–water partition coefficient (Wildman–Crippen LogP) is 2.84. The van der Waals surface area contributed by atoms with Crippen LogP contribution in [-0.2, 0) is 4.43 Å². The third-order valence-electron chi connectivity index (χ3n) is 3.13. The number of hydrogen-bond donors (Lipinski definition) is 0. The molecule has 0 aliphatic carbocycles. The van der Waals surface area contributed by atoms with E-state index in [4.69, 9.17) is 4.43 Å². The third-order valence-corrected chi connectivity index (χ3v) is 7.38. The highest BCUT2D eigenvalue weighted by Gasteiger charge is 2.37. The Morgan fingerprint density at radius 3 is 2.67 bits per heavy atom. The van der Waals surface area contributed by atoms with Gasteiger partial charge in [-0.05, 0) is 23.7 Å². The molecule has 0 saturated carbocycles. The molecule has 1 aromatic carbocycles. The Morgan fingerprint density at radius 2 is 2.07 bits per heavy atom. The largest absolute Gasteiger partial charge is 0.412 e. The lowest BCUT2D eigenvalue weighted by atomic mass is 10.3. The fourth-order valence-electron chi connectivity index (χ4n) is 2.33. The quantitative estimate of drug-likeness (QED) is 0.560. The average molecular weight is 218 g/mol. The van der Waals surface area contributed by atoms with Crippen LogP contribution in [0, 0.1) is 0 Å². The van der Waals surface area contributed by atoms with E-state index in [9.17, 15) is 0 Å². The van der Waals surface area contributed by atoms with Gasteiger partial charge in [0.05, 0.1) is 0 Å². The van der Waals surface area contributed by atoms with Crippen molar-refractivity contribution in [2.45, 2.75) is 24.9 Å². The lowest BCUT2D eigenvalue weighted by Gasteiger charge is -2.34. The summed E-state index contributed by atoms with van der Waals surface area (Å²) in [5.74, 6) is 0. The van der Waals surface area contributed by atoms with E-state index >= 15 is 0 Å². The predicted molar refractivity (Wildman–Crippen MR) is 66.8 cm³/mol. The van der Waals surface area contributed by atoms with Crippen LogP contribution in [0.15, 0.2) is 43.0 Å². The number of allylic oxidation sites excluding steroid dienone is 1. The van der Waals surface area contributed by atoms with E-state index in [0.717, 1.165) is 12.7 Å². The normalized spacial score (nSPS) is 26.1. The van der Waals surface area contributed by atoms with Gasteiger partial charge in [-0.1, -0.05) is 42.8 Å². The van der Waals surface area contributed by atoms with Crippen molar-refractivity contribution in [3.63, 3.8) is 0 Å². The minimum absolute atomic E-state index is 0.939. The van der Waals surface area contributed by atoms with Crippen LogP contribution in [0.2, 0.25) is 12.1 Å². The van der Waals surface area contributed by atoms with E-state index in [1.54, 1.807) is 0 Å². The van der Waals surface area contributed by atoms with Crippen molar-refractivity contribution in [3.8, 4) is 0 Å². The van der Waals surface area contributed by atoms with Crippen LogP contribution in [0.25, 0.3) is 0 Å². The van der Waals surface area contributed by atoms with E-state index in [0.29, 0.717) is 0 Å². The molecular weight excluding hydrogens is 200 g/mol. The number of rotatable bonds is 3. The van der Waals surface area contributed by atoms with Crippen molar-refractivity contribution in [2.75, 3.05) is 6.61 Å². The SMILES string of the molecule is C=CC[Si]1(c2ccccc2)CCCCO1. The zero-order valence-corrected chi connectivity index (χ0v) is 10.1. The molecular formula is C13H18OSi. The van der Waals surface area contributed by atoms with Gasteiger partial charge in [0.2, 0.25) is 8.32 Å². The molecule has 1 saturated heterocycles. The first-order chi connectivity index (χ1) is 7.37. The Morgan fingerprint density at radius 1 is 1.27 bits per heavy atom. The van der Waals surface area contributed by atoms with E-state index in [-0.39, 0.29) is 0 Å². The van der Waals surface area contributed by atoms with Crippen molar-refractivity contribution in [1.29, 1.82) is 0 Å². The van der Waals surface area contributed by atoms with Gasteiger partial charge < -0.3 is 4.43 Å². The molecule has 0 spiro atoms. The van der Waals surface area contributed by atoms with Crippen LogP contribution in [0.3, 0.4) is 0 Å². The number of benzene rings is 1. The Labute approximate surface area is 92.9 Å². The summed E-state index contributed by atoms with van der Waals surface area (Å²) in [5.41, 5.74) is 0. The second-order valence-electron chi connectivity index (χ2n) is 4.16. The monoisotopic (exact) mass is 218 g/mol. The van der Waals surface area contributed by atoms with E-state index in [1.165, 1.54) is 24.1 Å². The molecule has 1 aromatic rings. The maximum atomic E-state index is 6.16. The maximum Gasteiger partial charge on any atom is 0.227 e. The van der Waals surface area contributed by atoms with Crippen molar-refractivity contribution < 1.29 is 4.43 Å². The Hall–Kier alpha value is -0.863. The van der Waals surface area contributed by atoms with Gasteiger partial charge in [-0.3, -0.25) is 0 Å². The highest BCUT2D eigenvalue weighted by molar-refractivity contribution is 6.87. The molecule has 1 fully saturated rings. The lowest BCUT2D eigenvalue weighted by Crippen LogP contribution is -2.52. The van der Waals surface area contributed by atoms with Crippen LogP contribution >= 0.6 is 0 Å². The molecule has 0 bridgehead atoms. The molecule has 0 N–H and O–H groups in total. The van der Waals surface area contributed by atoms with Gasteiger partial charge in [-0.25, -0.2) is 0 Å². The summed E-state index contributed by atoms with van der Waals surface area (Å²) >= 11 is 0. The Kier molecular flexibility index (Phi) is 3.39. The highest BCUT2D eigenvalue weighted by atomic mass is 28.4. The summed E-state index contributed by atoms with van der Waals surface area (Å²) in [5, 5.41) is 1.43. The molecule has 1 aliphatic rings. The second-order valence-corrected chi connectivity index (χ2v) is 7.92. The molecule has 0 aromatic heterocycles. The number of hydrogen-bond acceptors (Lipinski definition) is 1. The Bertz CT molecular complexity index is 315. The summed E-state index contributed by atoms with van der Waals surface area (Å²) in [7, 11) is -1.68. The highest BCUT2D eigenvalue weighted by Crippen LogP contribution is 2.25. The van der Waals surface area contributed by atoms with E-state index in [2.05, 4.69) is 36.9 Å². The van der Waals surface area contributed by atoms with Gasteiger partial charge in [0.15, 0.2) is 0 Å². The van der Waals surface area contributed by atoms with E-state index < -0.39 is 8.32 Å². The van der Waals surface area contributed by atoms with Gasteiger partial charge in [-0.15, -0.1) is 6.58 Å². The van der Waals surface area contributed by atoms with E-state index in [1.807, 2.05) is 6.08 Å². The zero-order chi connectivity index (χ0) is 10.6. The molecule has 0 amide bonds. The average Bonchev–Trinajstić information content (AvgIpc) is 2.32. The smallest absolute Gasteiger partial charge is 0.227 e. The topological polar surface area (TPSA) is 9.23 Å². The van der Waals surface area contributed by atoms with Crippen molar-refractivity contribution in [1.82, 2.24) is 0 Å². The minimum Gasteiger partial charge on any atom is -0.412 e. The molecule has 1 aliphatic heterocycles. The molecule has 80 valence electrons. The standard InChI is InChI=1S/C13H18OSi/c1-2-11-15(12-7-6-10-14-15)13-8-4-3-5-9-13/h2-5,8-9H,1,6-7,10-12H2. The molecule has 1 unspecified atom stereocenters. The lowest BCUT2D eigenvalue weighted by molar-refractivity contribution is 0.277. The van der Waals surface area contributed by atoms with Crippen LogP contribution in [-0.4, -0.2) is 14.9 Å². The van der Waals surface area contributed by atoms with Crippen LogP contribution in [0.5, 0.6) is 0 Å². The molecule has 2 heteroatoms. The van der Waals surface area contributed by atoms with Crippen LogP contribution in [0.1, 0.15) is 12.8 Å². The molecule has 1 atom stereocenters. The third kappa shape index (κ3) is 2.21. The minimum atomic E-state index is -1.68. The summed E-state index contributed by atoms with van der Waals surface area (Å²) < 4.78 is 6.16. The molecule has 2 rings (SSSR count). The molecule has 0 radical (unpaired) electrons. The van der Waals surface area contributed by atoms with Gasteiger partial charge in [0.25, 0.3) is 0 Å². The van der Waals surface area contributed by atoms with Crippen LogP contribution < -0.4 is 5.19 Å². The van der Waals surface area contributed by atoms with Gasteiger partial charge in [0, 0.05) is 6.61 Å². The summed E-state index contributed by atoms with van der Waals surface area (Å²) in [6.07, 6.45) is 4.57. The van der Waals surface area contributed by atoms with Crippen molar-refractivity contribution >= 4 is 13.5 Å². The second kappa shape index (κ2) is 4.77. The van der Waals surface area contributed by atoms with Crippen molar-refractivity contribution in [3.05, 3.63) is 43.0 Å². The van der Waals surface area contributed by atoms with Gasteiger partial charge >= 0.3 is 0 Å². The first-order valence-corrected chi connectivity index (χ1v) is 8.00. The fraction of sp³-hybridized carbons (Fsp3) is 0.385. The first-order valence-electron chi connectivity index (χ1n) is 5.68. The first kappa shape index (κ1) is 10.6. The fourth-order valence-corrected chi connectivity index (χ4v) is 6.11. The molecule has 15 heavy (non-hydrogen) atoms. The summed E-state index contributed by atoms with van der Waals surface area (Å²) in [4.78, 5) is 0. The van der Waals surface area contributed by atoms with Gasteiger partial charge in [0.1, 0.15) is 0 Å². The van der Waals surface area contributed by atoms with Crippen LogP contribution in [0.4, 0.5) is 0 Å². The molecule has 1 heterocycles. The maximum absolute atomic E-state index is 6.16. The zero-order valence-electron chi connectivity index (χ0n) is 9.11. The Balaban J connectivity index is 2.29. The summed E-state index contributed by atoms with van der Waals surface area (Å²) in [6.45, 7) is 4.82.